The molecule has 1 aliphatic rings. The van der Waals surface area contributed by atoms with Gasteiger partial charge in [0, 0.05) is 35.2 Å². The lowest BCUT2D eigenvalue weighted by Crippen LogP contribution is -2.32. The zero-order valence-electron chi connectivity index (χ0n) is 14.8. The molecule has 3 N–H and O–H groups in total. The van der Waals surface area contributed by atoms with Gasteiger partial charge in [-0.1, -0.05) is 37.6 Å². The van der Waals surface area contributed by atoms with E-state index in [1.165, 1.54) is 0 Å². The molecule has 1 aromatic heterocycles. The van der Waals surface area contributed by atoms with Gasteiger partial charge < -0.3 is 10.7 Å². The van der Waals surface area contributed by atoms with Gasteiger partial charge in [-0.3, -0.25) is 9.69 Å². The van der Waals surface area contributed by atoms with Crippen LogP contribution in [0.4, 0.5) is 11.4 Å². The van der Waals surface area contributed by atoms with Crippen LogP contribution in [-0.4, -0.2) is 15.9 Å². The number of nitrogens with one attached hydrogen (secondary N) is 1. The van der Waals surface area contributed by atoms with Gasteiger partial charge >= 0.3 is 0 Å². The highest BCUT2D eigenvalue weighted by Gasteiger charge is 2.36. The molecule has 5 heteroatoms. The van der Waals surface area contributed by atoms with Gasteiger partial charge in [0.1, 0.15) is 5.82 Å². The molecule has 1 amide bonds. The molecule has 2 aromatic carbocycles. The van der Waals surface area contributed by atoms with Gasteiger partial charge in [-0.15, -0.1) is 0 Å². The number of imidazole rings is 1. The summed E-state index contributed by atoms with van der Waals surface area (Å²) in [6.45, 7) is 2.14. The van der Waals surface area contributed by atoms with Crippen LogP contribution in [0.2, 0.25) is 0 Å². The summed E-state index contributed by atoms with van der Waals surface area (Å²) in [5, 5.41) is 0. The average Bonchev–Trinajstić information content (AvgIpc) is 3.25. The Hall–Kier alpha value is -3.08. The van der Waals surface area contributed by atoms with Crippen LogP contribution in [0, 0.1) is 0 Å². The summed E-state index contributed by atoms with van der Waals surface area (Å²) >= 11 is 0. The third-order valence-electron chi connectivity index (χ3n) is 4.81. The number of hydrogen-bond donors (Lipinski definition) is 2. The molecule has 0 bridgehead atoms. The number of nitrogens with two attached hydrogens (primary N) is 1. The first-order valence-electron chi connectivity index (χ1n) is 8.98. The van der Waals surface area contributed by atoms with E-state index in [2.05, 4.69) is 23.0 Å². The summed E-state index contributed by atoms with van der Waals surface area (Å²) in [6.07, 6.45) is 4.64. The quantitative estimate of drug-likeness (QED) is 0.704. The molecular formula is C21H22N4O. The summed E-state index contributed by atoms with van der Waals surface area (Å²) in [5.74, 6) is 0.780. The minimum atomic E-state index is -0.132. The Morgan fingerprint density at radius 2 is 2.12 bits per heavy atom. The van der Waals surface area contributed by atoms with Crippen LogP contribution in [0.3, 0.4) is 0 Å². The second-order valence-corrected chi connectivity index (χ2v) is 6.69. The van der Waals surface area contributed by atoms with E-state index in [0.717, 1.165) is 42.0 Å². The molecule has 1 aliphatic heterocycles. The predicted molar refractivity (Wildman–Crippen MR) is 103 cm³/mol. The topological polar surface area (TPSA) is 75.0 Å². The number of rotatable bonds is 4. The zero-order chi connectivity index (χ0) is 18.1. The number of carbonyl (C=O) groups is 1. The number of amides is 1. The Morgan fingerprint density at radius 3 is 2.92 bits per heavy atom. The van der Waals surface area contributed by atoms with Crippen LogP contribution in [-0.2, 0) is 12.8 Å². The van der Waals surface area contributed by atoms with Crippen molar-refractivity contribution in [1.82, 2.24) is 9.97 Å². The largest absolute Gasteiger partial charge is 0.399 e. The van der Waals surface area contributed by atoms with Gasteiger partial charge in [0.2, 0.25) is 0 Å². The standard InChI is InChI=1S/C21H22N4O/c1-2-6-17-13-23-20(24-17)19-12-14-7-3-4-10-18(14)25(19)21(26)15-8-5-9-16(22)11-15/h3-5,7-11,13,19H,2,6,12,22H2,1H3,(H,23,24)/t19-/m0/s1. The summed E-state index contributed by atoms with van der Waals surface area (Å²) in [6, 6.07) is 15.0. The van der Waals surface area contributed by atoms with E-state index in [4.69, 9.17) is 5.73 Å². The summed E-state index contributed by atoms with van der Waals surface area (Å²) < 4.78 is 0. The third kappa shape index (κ3) is 2.86. The fourth-order valence-electron chi connectivity index (χ4n) is 3.61. The lowest BCUT2D eigenvalue weighted by Gasteiger charge is -2.24. The van der Waals surface area contributed by atoms with Gasteiger partial charge in [0.05, 0.1) is 6.04 Å². The van der Waals surface area contributed by atoms with Crippen LogP contribution in [0.15, 0.2) is 54.7 Å². The average molecular weight is 346 g/mol. The number of fused-ring (bicyclic) bond motifs is 1. The maximum atomic E-state index is 13.3. The van der Waals surface area contributed by atoms with Crippen molar-refractivity contribution in [2.45, 2.75) is 32.2 Å². The number of hydrogen-bond acceptors (Lipinski definition) is 3. The van der Waals surface area contributed by atoms with Crippen molar-refractivity contribution in [3.8, 4) is 0 Å². The van der Waals surface area contributed by atoms with Crippen molar-refractivity contribution < 1.29 is 4.79 Å². The molecule has 2 heterocycles. The molecule has 132 valence electrons. The maximum Gasteiger partial charge on any atom is 0.259 e. The van der Waals surface area contributed by atoms with Gasteiger partial charge in [0.15, 0.2) is 0 Å². The zero-order valence-corrected chi connectivity index (χ0v) is 14.8. The van der Waals surface area contributed by atoms with Crippen LogP contribution in [0.1, 0.15) is 46.8 Å². The summed E-state index contributed by atoms with van der Waals surface area (Å²) in [5.41, 5.74) is 10.3. The Kier molecular flexibility index (Phi) is 4.21. The number of aromatic amines is 1. The number of benzene rings is 2. The number of para-hydroxylation sites is 1. The molecular weight excluding hydrogens is 324 g/mol. The fraction of sp³-hybridized carbons (Fsp3) is 0.238. The number of aryl methyl sites for hydroxylation is 1. The van der Waals surface area contributed by atoms with E-state index in [1.807, 2.05) is 35.4 Å². The number of aromatic nitrogens is 2. The van der Waals surface area contributed by atoms with Crippen LogP contribution in [0.25, 0.3) is 0 Å². The number of carbonyl (C=O) groups excluding carboxylic acids is 1. The van der Waals surface area contributed by atoms with E-state index in [1.54, 1.807) is 18.2 Å². The minimum absolute atomic E-state index is 0.0549. The molecule has 5 nitrogen and oxygen atoms in total. The first-order valence-corrected chi connectivity index (χ1v) is 8.98. The van der Waals surface area contributed by atoms with Gasteiger partial charge in [-0.2, -0.15) is 0 Å². The fourth-order valence-corrected chi connectivity index (χ4v) is 3.61. The molecule has 0 spiro atoms. The van der Waals surface area contributed by atoms with Crippen LogP contribution < -0.4 is 10.6 Å². The van der Waals surface area contributed by atoms with E-state index in [-0.39, 0.29) is 11.9 Å². The second kappa shape index (κ2) is 6.67. The normalized spacial score (nSPS) is 15.9. The molecule has 26 heavy (non-hydrogen) atoms. The van der Waals surface area contributed by atoms with Crippen molar-refractivity contribution in [3.05, 3.63) is 77.4 Å². The smallest absolute Gasteiger partial charge is 0.259 e. The highest BCUT2D eigenvalue weighted by atomic mass is 16.2. The van der Waals surface area contributed by atoms with Crippen molar-refractivity contribution >= 4 is 17.3 Å². The molecule has 0 unspecified atom stereocenters. The SMILES string of the molecule is CCCc1cnc([C@@H]2Cc3ccccc3N2C(=O)c2cccc(N)c2)[nH]1. The number of H-pyrrole nitrogens is 1. The molecule has 4 rings (SSSR count). The maximum absolute atomic E-state index is 13.3. The summed E-state index contributed by atoms with van der Waals surface area (Å²) in [4.78, 5) is 23.1. The van der Waals surface area contributed by atoms with E-state index in [9.17, 15) is 4.79 Å². The van der Waals surface area contributed by atoms with E-state index >= 15 is 0 Å². The first-order chi connectivity index (χ1) is 12.7. The second-order valence-electron chi connectivity index (χ2n) is 6.69. The number of nitrogen functional groups attached to an aromatic ring is 1. The predicted octanol–water partition coefficient (Wildman–Crippen LogP) is 3.89. The van der Waals surface area contributed by atoms with Crippen molar-refractivity contribution in [2.24, 2.45) is 0 Å². The highest BCUT2D eigenvalue weighted by molar-refractivity contribution is 6.08. The Labute approximate surface area is 152 Å². The summed E-state index contributed by atoms with van der Waals surface area (Å²) in [7, 11) is 0. The lowest BCUT2D eigenvalue weighted by molar-refractivity contribution is 0.0978. The Bertz CT molecular complexity index is 946. The molecule has 3 aromatic rings. The Morgan fingerprint density at radius 1 is 1.27 bits per heavy atom. The van der Waals surface area contributed by atoms with Crippen LogP contribution in [0.5, 0.6) is 0 Å². The lowest BCUT2D eigenvalue weighted by atomic mass is 10.1. The Balaban J connectivity index is 1.75. The van der Waals surface area contributed by atoms with Crippen molar-refractivity contribution in [1.29, 1.82) is 0 Å². The van der Waals surface area contributed by atoms with E-state index in [0.29, 0.717) is 11.3 Å². The minimum Gasteiger partial charge on any atom is -0.399 e. The molecule has 0 radical (unpaired) electrons. The number of anilines is 2. The molecule has 1 atom stereocenters. The first kappa shape index (κ1) is 16.4. The van der Waals surface area contributed by atoms with Gasteiger partial charge in [-0.05, 0) is 36.2 Å². The molecule has 0 saturated heterocycles. The van der Waals surface area contributed by atoms with Gasteiger partial charge in [-0.25, -0.2) is 4.98 Å². The molecule has 0 saturated carbocycles. The van der Waals surface area contributed by atoms with E-state index < -0.39 is 0 Å². The molecule has 0 fully saturated rings. The van der Waals surface area contributed by atoms with Crippen molar-refractivity contribution in [2.75, 3.05) is 10.6 Å². The third-order valence-corrected chi connectivity index (χ3v) is 4.81. The molecule has 0 aliphatic carbocycles. The van der Waals surface area contributed by atoms with Crippen molar-refractivity contribution in [3.63, 3.8) is 0 Å². The van der Waals surface area contributed by atoms with Gasteiger partial charge in [0.25, 0.3) is 5.91 Å². The number of nitrogens with zero attached hydrogens (tertiary/aromatic N) is 2. The monoisotopic (exact) mass is 346 g/mol. The highest BCUT2D eigenvalue weighted by Crippen LogP contribution is 2.40. The van der Waals surface area contributed by atoms with Crippen LogP contribution >= 0.6 is 0 Å².